The smallest absolute Gasteiger partial charge is 0.257 e. The van der Waals surface area contributed by atoms with Crippen LogP contribution in [0.2, 0.25) is 0 Å². The summed E-state index contributed by atoms with van der Waals surface area (Å²) in [6, 6.07) is 4.63. The molecule has 0 radical (unpaired) electrons. The predicted octanol–water partition coefficient (Wildman–Crippen LogP) is 2.99. The van der Waals surface area contributed by atoms with Gasteiger partial charge in [0.05, 0.1) is 17.6 Å². The van der Waals surface area contributed by atoms with Gasteiger partial charge in [-0.05, 0) is 55.7 Å². The summed E-state index contributed by atoms with van der Waals surface area (Å²) in [6.07, 6.45) is 3.68. The number of hydrogen-bond acceptors (Lipinski definition) is 4. The summed E-state index contributed by atoms with van der Waals surface area (Å²) >= 11 is 0. The van der Waals surface area contributed by atoms with Gasteiger partial charge >= 0.3 is 0 Å². The van der Waals surface area contributed by atoms with Gasteiger partial charge in [0.1, 0.15) is 5.75 Å². The zero-order valence-corrected chi connectivity index (χ0v) is 17.3. The van der Waals surface area contributed by atoms with Crippen LogP contribution in [0.4, 0.5) is 0 Å². The fraction of sp³-hybridized carbons (Fsp3) is 0.650. The minimum atomic E-state index is -3.60. The van der Waals surface area contributed by atoms with Crippen LogP contribution in [0, 0.1) is 11.8 Å². The monoisotopic (exact) mass is 394 g/mol. The van der Waals surface area contributed by atoms with Gasteiger partial charge in [0, 0.05) is 26.2 Å². The van der Waals surface area contributed by atoms with Gasteiger partial charge in [0.2, 0.25) is 10.0 Å². The molecule has 0 bridgehead atoms. The maximum absolute atomic E-state index is 13.0. The largest absolute Gasteiger partial charge is 0.496 e. The van der Waals surface area contributed by atoms with Gasteiger partial charge in [-0.1, -0.05) is 13.8 Å². The molecule has 2 aliphatic heterocycles. The van der Waals surface area contributed by atoms with E-state index in [9.17, 15) is 13.2 Å². The van der Waals surface area contributed by atoms with Crippen molar-refractivity contribution in [3.8, 4) is 5.75 Å². The van der Waals surface area contributed by atoms with Crippen LogP contribution in [-0.4, -0.2) is 56.8 Å². The van der Waals surface area contributed by atoms with Gasteiger partial charge in [0.25, 0.3) is 5.91 Å². The third-order valence-corrected chi connectivity index (χ3v) is 7.75. The number of hydrogen-bond donors (Lipinski definition) is 0. The Morgan fingerprint density at radius 3 is 2.11 bits per heavy atom. The van der Waals surface area contributed by atoms with E-state index in [4.69, 9.17) is 4.74 Å². The van der Waals surface area contributed by atoms with E-state index in [1.807, 2.05) is 0 Å². The van der Waals surface area contributed by atoms with E-state index in [1.54, 1.807) is 17.0 Å². The van der Waals surface area contributed by atoms with Crippen LogP contribution in [-0.2, 0) is 10.0 Å². The van der Waals surface area contributed by atoms with E-state index in [0.717, 1.165) is 25.7 Å². The maximum atomic E-state index is 13.0. The Kier molecular flexibility index (Phi) is 6.11. The first-order valence-electron chi connectivity index (χ1n) is 9.80. The number of piperidine rings is 2. The minimum Gasteiger partial charge on any atom is -0.496 e. The molecular formula is C20H30N2O4S. The first kappa shape index (κ1) is 20.1. The molecule has 0 N–H and O–H groups in total. The van der Waals surface area contributed by atoms with Gasteiger partial charge in [0.15, 0.2) is 0 Å². The molecule has 150 valence electrons. The number of ether oxygens (including phenoxy) is 1. The van der Waals surface area contributed by atoms with E-state index < -0.39 is 10.0 Å². The average Bonchev–Trinajstić information content (AvgIpc) is 2.68. The molecule has 0 unspecified atom stereocenters. The van der Waals surface area contributed by atoms with Crippen LogP contribution in [0.5, 0.6) is 5.75 Å². The lowest BCUT2D eigenvalue weighted by Gasteiger charge is -2.31. The van der Waals surface area contributed by atoms with Gasteiger partial charge in [-0.15, -0.1) is 0 Å². The molecule has 2 fully saturated rings. The topological polar surface area (TPSA) is 66.9 Å². The van der Waals surface area contributed by atoms with Gasteiger partial charge in [-0.2, -0.15) is 4.31 Å². The first-order valence-corrected chi connectivity index (χ1v) is 11.2. The Balaban J connectivity index is 1.88. The maximum Gasteiger partial charge on any atom is 0.257 e. The van der Waals surface area contributed by atoms with Crippen molar-refractivity contribution < 1.29 is 17.9 Å². The molecule has 1 amide bonds. The Bertz CT molecular complexity index is 777. The van der Waals surface area contributed by atoms with Crippen LogP contribution in [0.3, 0.4) is 0 Å². The quantitative estimate of drug-likeness (QED) is 0.787. The van der Waals surface area contributed by atoms with Crippen LogP contribution >= 0.6 is 0 Å². The summed E-state index contributed by atoms with van der Waals surface area (Å²) < 4.78 is 33.0. The van der Waals surface area contributed by atoms with Crippen LogP contribution < -0.4 is 4.74 Å². The normalized spacial score (nSPS) is 20.6. The molecule has 27 heavy (non-hydrogen) atoms. The zero-order chi connectivity index (χ0) is 19.6. The predicted molar refractivity (Wildman–Crippen MR) is 104 cm³/mol. The van der Waals surface area contributed by atoms with Crippen LogP contribution in [0.15, 0.2) is 23.1 Å². The molecule has 0 aliphatic carbocycles. The number of carbonyl (C=O) groups is 1. The van der Waals surface area contributed by atoms with E-state index in [0.29, 0.717) is 49.3 Å². The molecule has 2 saturated heterocycles. The lowest BCUT2D eigenvalue weighted by atomic mass is 9.98. The van der Waals surface area contributed by atoms with Crippen molar-refractivity contribution in [2.24, 2.45) is 11.8 Å². The molecule has 1 aromatic carbocycles. The van der Waals surface area contributed by atoms with Crippen LogP contribution in [0.25, 0.3) is 0 Å². The summed E-state index contributed by atoms with van der Waals surface area (Å²) in [5.41, 5.74) is 0.332. The highest BCUT2D eigenvalue weighted by Gasteiger charge is 2.30. The van der Waals surface area contributed by atoms with Gasteiger partial charge < -0.3 is 9.64 Å². The number of amides is 1. The third kappa shape index (κ3) is 4.29. The Morgan fingerprint density at radius 1 is 1.00 bits per heavy atom. The third-order valence-electron chi connectivity index (χ3n) is 5.85. The summed E-state index contributed by atoms with van der Waals surface area (Å²) in [5, 5.41) is 0. The number of rotatable bonds is 4. The molecule has 0 atom stereocenters. The van der Waals surface area contributed by atoms with Crippen molar-refractivity contribution in [1.82, 2.24) is 9.21 Å². The number of sulfonamides is 1. The number of benzene rings is 1. The van der Waals surface area contributed by atoms with E-state index in [-0.39, 0.29) is 10.8 Å². The van der Waals surface area contributed by atoms with Crippen LogP contribution in [0.1, 0.15) is 49.9 Å². The fourth-order valence-electron chi connectivity index (χ4n) is 3.77. The lowest BCUT2D eigenvalue weighted by molar-refractivity contribution is 0.0693. The molecule has 2 heterocycles. The lowest BCUT2D eigenvalue weighted by Crippen LogP contribution is -2.39. The standard InChI is InChI=1S/C20H30N2O4S/c1-15-6-10-21(11-7-15)20(23)18-14-17(4-5-19(18)26-3)27(24,25)22-12-8-16(2)9-13-22/h4-5,14-16H,6-13H2,1-3H3. The van der Waals surface area contributed by atoms with E-state index >= 15 is 0 Å². The summed E-state index contributed by atoms with van der Waals surface area (Å²) in [7, 11) is -2.09. The van der Waals surface area contributed by atoms with Crippen molar-refractivity contribution in [2.45, 2.75) is 44.4 Å². The molecule has 2 aliphatic rings. The fourth-order valence-corrected chi connectivity index (χ4v) is 5.27. The van der Waals surface area contributed by atoms with Gasteiger partial charge in [-0.25, -0.2) is 8.42 Å². The Morgan fingerprint density at radius 2 is 1.56 bits per heavy atom. The molecule has 3 rings (SSSR count). The second kappa shape index (κ2) is 8.19. The van der Waals surface area contributed by atoms with Crippen molar-refractivity contribution in [3.05, 3.63) is 23.8 Å². The van der Waals surface area contributed by atoms with Crippen molar-refractivity contribution >= 4 is 15.9 Å². The Labute approximate surface area is 162 Å². The zero-order valence-electron chi connectivity index (χ0n) is 16.5. The SMILES string of the molecule is COc1ccc(S(=O)(=O)N2CCC(C)CC2)cc1C(=O)N1CCC(C)CC1. The number of carbonyl (C=O) groups excluding carboxylic acids is 1. The highest BCUT2D eigenvalue weighted by atomic mass is 32.2. The number of nitrogens with zero attached hydrogens (tertiary/aromatic N) is 2. The molecular weight excluding hydrogens is 364 g/mol. The number of methoxy groups -OCH3 is 1. The Hall–Kier alpha value is -1.60. The van der Waals surface area contributed by atoms with Crippen molar-refractivity contribution in [1.29, 1.82) is 0 Å². The van der Waals surface area contributed by atoms with Crippen molar-refractivity contribution in [3.63, 3.8) is 0 Å². The van der Waals surface area contributed by atoms with E-state index in [2.05, 4.69) is 13.8 Å². The van der Waals surface area contributed by atoms with Gasteiger partial charge in [-0.3, -0.25) is 4.79 Å². The van der Waals surface area contributed by atoms with E-state index in [1.165, 1.54) is 17.5 Å². The summed E-state index contributed by atoms with van der Waals surface area (Å²) in [5.74, 6) is 1.43. The van der Waals surface area contributed by atoms with Crippen molar-refractivity contribution in [2.75, 3.05) is 33.3 Å². The molecule has 7 heteroatoms. The molecule has 0 spiro atoms. The molecule has 0 saturated carbocycles. The highest BCUT2D eigenvalue weighted by molar-refractivity contribution is 7.89. The molecule has 0 aromatic heterocycles. The number of likely N-dealkylation sites (tertiary alicyclic amines) is 1. The highest BCUT2D eigenvalue weighted by Crippen LogP contribution is 2.29. The molecule has 1 aromatic rings. The summed E-state index contributed by atoms with van der Waals surface area (Å²) in [6.45, 7) is 6.79. The summed E-state index contributed by atoms with van der Waals surface area (Å²) in [4.78, 5) is 15.0. The second-order valence-corrected chi connectivity index (χ2v) is 9.86. The average molecular weight is 395 g/mol. The minimum absolute atomic E-state index is 0.150. The second-order valence-electron chi connectivity index (χ2n) is 7.92. The first-order chi connectivity index (χ1) is 12.8. The molecule has 6 nitrogen and oxygen atoms in total.